The van der Waals surface area contributed by atoms with Crippen molar-refractivity contribution in [3.05, 3.63) is 22.6 Å². The molecule has 1 aliphatic rings. The van der Waals surface area contributed by atoms with E-state index in [4.69, 9.17) is 5.73 Å². The second-order valence-corrected chi connectivity index (χ2v) is 4.92. The zero-order chi connectivity index (χ0) is 11.8. The van der Waals surface area contributed by atoms with Crippen molar-refractivity contribution in [2.75, 3.05) is 19.3 Å². The highest BCUT2D eigenvalue weighted by Crippen LogP contribution is 2.35. The maximum absolute atomic E-state index is 5.74. The number of thioether (sulfide) groups is 1. The third-order valence-electron chi connectivity index (χ3n) is 2.95. The first-order chi connectivity index (χ1) is 7.81. The Morgan fingerprint density at radius 3 is 3.00 bits per heavy atom. The van der Waals surface area contributed by atoms with Gasteiger partial charge in [0.05, 0.1) is 6.54 Å². The van der Waals surface area contributed by atoms with Crippen LogP contribution >= 0.6 is 11.8 Å². The molecule has 0 aromatic heterocycles. The van der Waals surface area contributed by atoms with Crippen LogP contribution in [0.5, 0.6) is 0 Å². The maximum Gasteiger partial charge on any atom is 0.0569 e. The molecule has 1 unspecified atom stereocenters. The molecular weight excluding hydrogens is 216 g/mol. The molecule has 0 saturated carbocycles. The van der Waals surface area contributed by atoms with E-state index in [1.165, 1.54) is 23.3 Å². The highest BCUT2D eigenvalue weighted by molar-refractivity contribution is 8.02. The van der Waals surface area contributed by atoms with Crippen LogP contribution < -0.4 is 5.73 Å². The number of nitrogens with two attached hydrogens (primary N) is 1. The van der Waals surface area contributed by atoms with E-state index in [0.717, 1.165) is 19.5 Å². The van der Waals surface area contributed by atoms with Gasteiger partial charge in [-0.05, 0) is 61.6 Å². The number of hydrogen-bond donors (Lipinski definition) is 1. The Morgan fingerprint density at radius 2 is 2.38 bits per heavy atom. The van der Waals surface area contributed by atoms with Gasteiger partial charge < -0.3 is 5.73 Å². The number of rotatable bonds is 5. The van der Waals surface area contributed by atoms with Crippen molar-refractivity contribution in [3.8, 4) is 0 Å². The number of allylic oxidation sites excluding steroid dienone is 3. The first-order valence-corrected chi connectivity index (χ1v) is 7.11. The van der Waals surface area contributed by atoms with Crippen LogP contribution in [0.2, 0.25) is 0 Å². The molecule has 0 fully saturated rings. The summed E-state index contributed by atoms with van der Waals surface area (Å²) in [5.74, 6) is 0.688. The monoisotopic (exact) mass is 238 g/mol. The molecule has 0 aliphatic heterocycles. The first-order valence-electron chi connectivity index (χ1n) is 5.88. The fourth-order valence-electron chi connectivity index (χ4n) is 1.95. The van der Waals surface area contributed by atoms with Gasteiger partial charge in [-0.15, -0.1) is 11.8 Å². The quantitative estimate of drug-likeness (QED) is 0.748. The summed E-state index contributed by atoms with van der Waals surface area (Å²) in [7, 11) is 0. The fraction of sp³-hybridized carbons (Fsp3) is 0.615. The molecule has 1 rings (SSSR count). The summed E-state index contributed by atoms with van der Waals surface area (Å²) in [6.07, 6.45) is 12.0. The lowest BCUT2D eigenvalue weighted by molar-refractivity contribution is 0.480. The van der Waals surface area contributed by atoms with E-state index in [0.29, 0.717) is 5.92 Å². The van der Waals surface area contributed by atoms with Crippen LogP contribution in [0, 0.1) is 5.92 Å². The summed E-state index contributed by atoms with van der Waals surface area (Å²) in [6, 6.07) is 0. The van der Waals surface area contributed by atoms with E-state index < -0.39 is 0 Å². The largest absolute Gasteiger partial charge is 0.330 e. The lowest BCUT2D eigenvalue weighted by atomic mass is 9.89. The van der Waals surface area contributed by atoms with Gasteiger partial charge in [0.25, 0.3) is 0 Å². The van der Waals surface area contributed by atoms with Crippen molar-refractivity contribution in [1.82, 2.24) is 0 Å². The smallest absolute Gasteiger partial charge is 0.0569 e. The molecule has 3 heteroatoms. The Kier molecular flexibility index (Phi) is 6.50. The average molecular weight is 238 g/mol. The average Bonchev–Trinajstić information content (AvgIpc) is 2.34. The van der Waals surface area contributed by atoms with Crippen molar-refractivity contribution >= 4 is 18.0 Å². The SMILES string of the molecule is CC=NC/C=C/C1=C(SC)CC(CN)CC1. The van der Waals surface area contributed by atoms with Gasteiger partial charge in [0.2, 0.25) is 0 Å². The Labute approximate surface area is 103 Å². The van der Waals surface area contributed by atoms with Crippen LogP contribution in [-0.2, 0) is 0 Å². The predicted octanol–water partition coefficient (Wildman–Crippen LogP) is 3.01. The fourth-order valence-corrected chi connectivity index (χ4v) is 2.78. The second kappa shape index (κ2) is 7.69. The van der Waals surface area contributed by atoms with Crippen LogP contribution in [0.15, 0.2) is 27.6 Å². The van der Waals surface area contributed by atoms with Gasteiger partial charge >= 0.3 is 0 Å². The van der Waals surface area contributed by atoms with Gasteiger partial charge in [-0.1, -0.05) is 12.2 Å². The van der Waals surface area contributed by atoms with Gasteiger partial charge in [0.1, 0.15) is 0 Å². The summed E-state index contributed by atoms with van der Waals surface area (Å²) >= 11 is 1.87. The van der Waals surface area contributed by atoms with Crippen molar-refractivity contribution in [1.29, 1.82) is 0 Å². The summed E-state index contributed by atoms with van der Waals surface area (Å²) in [5, 5.41) is 0. The van der Waals surface area contributed by atoms with Crippen molar-refractivity contribution in [2.45, 2.75) is 26.2 Å². The second-order valence-electron chi connectivity index (χ2n) is 4.02. The molecule has 0 heterocycles. The zero-order valence-corrected chi connectivity index (χ0v) is 11.1. The van der Waals surface area contributed by atoms with Gasteiger partial charge in [0.15, 0.2) is 0 Å². The van der Waals surface area contributed by atoms with E-state index in [2.05, 4.69) is 23.4 Å². The topological polar surface area (TPSA) is 38.4 Å². The van der Waals surface area contributed by atoms with Gasteiger partial charge in [-0.25, -0.2) is 0 Å². The highest BCUT2D eigenvalue weighted by Gasteiger charge is 2.17. The van der Waals surface area contributed by atoms with Crippen LogP contribution in [0.25, 0.3) is 0 Å². The molecule has 0 spiro atoms. The Balaban J connectivity index is 2.61. The van der Waals surface area contributed by atoms with Gasteiger partial charge in [-0.2, -0.15) is 0 Å². The van der Waals surface area contributed by atoms with E-state index in [1.54, 1.807) is 0 Å². The normalized spacial score (nSPS) is 22.6. The molecule has 0 bridgehead atoms. The predicted molar refractivity (Wildman–Crippen MR) is 75.1 cm³/mol. The Morgan fingerprint density at radius 1 is 1.56 bits per heavy atom. The van der Waals surface area contributed by atoms with E-state index in [9.17, 15) is 0 Å². The van der Waals surface area contributed by atoms with Crippen molar-refractivity contribution in [2.24, 2.45) is 16.6 Å². The molecule has 0 saturated heterocycles. The Bertz CT molecular complexity index is 292. The van der Waals surface area contributed by atoms with E-state index >= 15 is 0 Å². The molecule has 2 N–H and O–H groups in total. The summed E-state index contributed by atoms with van der Waals surface area (Å²) in [4.78, 5) is 5.69. The zero-order valence-electron chi connectivity index (χ0n) is 10.3. The minimum atomic E-state index is 0.688. The van der Waals surface area contributed by atoms with Crippen LogP contribution in [-0.4, -0.2) is 25.6 Å². The molecule has 0 amide bonds. The third kappa shape index (κ3) is 4.14. The minimum absolute atomic E-state index is 0.688. The molecule has 90 valence electrons. The molecular formula is C13H22N2S. The lowest BCUT2D eigenvalue weighted by Gasteiger charge is -2.24. The molecule has 1 aliphatic carbocycles. The minimum Gasteiger partial charge on any atom is -0.330 e. The van der Waals surface area contributed by atoms with Crippen LogP contribution in [0.4, 0.5) is 0 Å². The van der Waals surface area contributed by atoms with Crippen LogP contribution in [0.1, 0.15) is 26.2 Å². The standard InChI is InChI=1S/C13H22N2S/c1-3-15-8-4-5-12-7-6-11(10-14)9-13(12)16-2/h3-5,11H,6-10,14H2,1-2H3/b5-4+,15-3?. The molecule has 0 aromatic rings. The maximum atomic E-state index is 5.74. The molecule has 2 nitrogen and oxygen atoms in total. The molecule has 0 radical (unpaired) electrons. The lowest BCUT2D eigenvalue weighted by Crippen LogP contribution is -2.18. The van der Waals surface area contributed by atoms with Crippen LogP contribution in [0.3, 0.4) is 0 Å². The summed E-state index contributed by atoms with van der Waals surface area (Å²) in [6.45, 7) is 3.57. The number of aliphatic imine (C=N–C) groups is 1. The molecule has 0 aromatic carbocycles. The number of hydrogen-bond acceptors (Lipinski definition) is 3. The van der Waals surface area contributed by atoms with E-state index in [-0.39, 0.29) is 0 Å². The Hall–Kier alpha value is -0.540. The third-order valence-corrected chi connectivity index (χ3v) is 3.87. The van der Waals surface area contributed by atoms with Crippen molar-refractivity contribution < 1.29 is 0 Å². The van der Waals surface area contributed by atoms with E-state index in [1.807, 2.05) is 24.9 Å². The number of nitrogens with zero attached hydrogens (tertiary/aromatic N) is 1. The highest BCUT2D eigenvalue weighted by atomic mass is 32.2. The van der Waals surface area contributed by atoms with Gasteiger partial charge in [-0.3, -0.25) is 4.99 Å². The first kappa shape index (κ1) is 13.5. The van der Waals surface area contributed by atoms with Gasteiger partial charge in [0, 0.05) is 0 Å². The van der Waals surface area contributed by atoms with Crippen molar-refractivity contribution in [3.63, 3.8) is 0 Å². The molecule has 16 heavy (non-hydrogen) atoms. The summed E-state index contributed by atoms with van der Waals surface area (Å²) < 4.78 is 0. The molecule has 1 atom stereocenters. The summed E-state index contributed by atoms with van der Waals surface area (Å²) in [5.41, 5.74) is 7.23.